The van der Waals surface area contributed by atoms with Gasteiger partial charge in [0, 0.05) is 0 Å². The summed E-state index contributed by atoms with van der Waals surface area (Å²) in [6.07, 6.45) is 0.0631. The van der Waals surface area contributed by atoms with E-state index in [4.69, 9.17) is 9.47 Å². The minimum Gasteiger partial charge on any atom is -0.491 e. The molecule has 0 spiro atoms. The number of esters is 1. The molecule has 0 fully saturated rings. The van der Waals surface area contributed by atoms with Crippen molar-refractivity contribution in [1.29, 1.82) is 0 Å². The van der Waals surface area contributed by atoms with Crippen molar-refractivity contribution in [2.75, 3.05) is 6.61 Å². The Bertz CT molecular complexity index is 695. The SMILES string of the molecule is CC(C)Oc1ccc(C(=O)OCC(=O)N[C@H](C)c2ccccc2)cc1. The van der Waals surface area contributed by atoms with Crippen LogP contribution in [0, 0.1) is 0 Å². The zero-order valence-electron chi connectivity index (χ0n) is 14.7. The van der Waals surface area contributed by atoms with Gasteiger partial charge in [-0.3, -0.25) is 4.79 Å². The second-order valence-electron chi connectivity index (χ2n) is 5.97. The van der Waals surface area contributed by atoms with E-state index in [9.17, 15) is 9.59 Å². The molecule has 0 unspecified atom stereocenters. The summed E-state index contributed by atoms with van der Waals surface area (Å²) >= 11 is 0. The minimum absolute atomic E-state index is 0.0631. The van der Waals surface area contributed by atoms with Gasteiger partial charge in [0.05, 0.1) is 17.7 Å². The topological polar surface area (TPSA) is 64.6 Å². The molecule has 0 saturated heterocycles. The van der Waals surface area contributed by atoms with E-state index in [0.717, 1.165) is 5.56 Å². The first-order valence-corrected chi connectivity index (χ1v) is 8.24. The van der Waals surface area contributed by atoms with Crippen LogP contribution in [0.5, 0.6) is 5.75 Å². The largest absolute Gasteiger partial charge is 0.491 e. The van der Waals surface area contributed by atoms with Gasteiger partial charge in [0.2, 0.25) is 0 Å². The van der Waals surface area contributed by atoms with Crippen LogP contribution in [-0.4, -0.2) is 24.6 Å². The number of benzene rings is 2. The first-order chi connectivity index (χ1) is 12.0. The van der Waals surface area contributed by atoms with E-state index in [-0.39, 0.29) is 24.7 Å². The number of carbonyl (C=O) groups is 2. The summed E-state index contributed by atoms with van der Waals surface area (Å²) in [6.45, 7) is 5.41. The van der Waals surface area contributed by atoms with Crippen LogP contribution in [0.4, 0.5) is 0 Å². The Morgan fingerprint density at radius 2 is 1.60 bits per heavy atom. The predicted molar refractivity (Wildman–Crippen MR) is 95.5 cm³/mol. The second-order valence-corrected chi connectivity index (χ2v) is 5.97. The molecule has 5 nitrogen and oxygen atoms in total. The minimum atomic E-state index is -0.543. The van der Waals surface area contributed by atoms with E-state index in [1.54, 1.807) is 24.3 Å². The van der Waals surface area contributed by atoms with E-state index in [1.807, 2.05) is 51.1 Å². The lowest BCUT2D eigenvalue weighted by atomic mass is 10.1. The highest BCUT2D eigenvalue weighted by molar-refractivity contribution is 5.91. The lowest BCUT2D eigenvalue weighted by Gasteiger charge is -2.14. The van der Waals surface area contributed by atoms with Gasteiger partial charge in [-0.15, -0.1) is 0 Å². The molecule has 0 aliphatic carbocycles. The zero-order chi connectivity index (χ0) is 18.2. The number of ether oxygens (including phenoxy) is 2. The number of hydrogen-bond acceptors (Lipinski definition) is 4. The number of carbonyl (C=O) groups excluding carboxylic acids is 2. The Balaban J connectivity index is 1.82. The normalized spacial score (nSPS) is 11.7. The monoisotopic (exact) mass is 341 g/mol. The molecular formula is C20H23NO4. The van der Waals surface area contributed by atoms with Gasteiger partial charge in [0.1, 0.15) is 5.75 Å². The number of amides is 1. The maximum atomic E-state index is 12.0. The molecule has 2 aromatic carbocycles. The molecule has 25 heavy (non-hydrogen) atoms. The Labute approximate surface area is 148 Å². The summed E-state index contributed by atoms with van der Waals surface area (Å²) < 4.78 is 10.6. The molecular weight excluding hydrogens is 318 g/mol. The van der Waals surface area contributed by atoms with Gasteiger partial charge in [0.25, 0.3) is 5.91 Å². The lowest BCUT2D eigenvalue weighted by molar-refractivity contribution is -0.124. The van der Waals surface area contributed by atoms with Crippen LogP contribution in [0.1, 0.15) is 42.7 Å². The molecule has 2 aromatic rings. The third-order valence-corrected chi connectivity index (χ3v) is 3.47. The molecule has 0 heterocycles. The van der Waals surface area contributed by atoms with Crippen molar-refractivity contribution in [2.45, 2.75) is 32.9 Å². The maximum Gasteiger partial charge on any atom is 0.338 e. The Kier molecular flexibility index (Phi) is 6.57. The van der Waals surface area contributed by atoms with Gasteiger partial charge >= 0.3 is 5.97 Å². The van der Waals surface area contributed by atoms with Crippen molar-refractivity contribution in [2.24, 2.45) is 0 Å². The molecule has 0 aliphatic heterocycles. The average molecular weight is 341 g/mol. The standard InChI is InChI=1S/C20H23NO4/c1-14(2)25-18-11-9-17(10-12-18)20(23)24-13-19(22)21-15(3)16-7-5-4-6-8-16/h4-12,14-15H,13H2,1-3H3,(H,21,22)/t15-/m1/s1. The molecule has 1 amide bonds. The molecule has 1 N–H and O–H groups in total. The van der Waals surface area contributed by atoms with Crippen LogP contribution in [0.3, 0.4) is 0 Å². The van der Waals surface area contributed by atoms with Crippen molar-refractivity contribution >= 4 is 11.9 Å². The van der Waals surface area contributed by atoms with Crippen molar-refractivity contribution in [3.8, 4) is 5.75 Å². The average Bonchev–Trinajstić information content (AvgIpc) is 2.60. The lowest BCUT2D eigenvalue weighted by Crippen LogP contribution is -2.31. The fourth-order valence-corrected chi connectivity index (χ4v) is 2.26. The van der Waals surface area contributed by atoms with Gasteiger partial charge in [-0.1, -0.05) is 30.3 Å². The number of nitrogens with one attached hydrogen (secondary N) is 1. The third kappa shape index (κ3) is 5.95. The molecule has 132 valence electrons. The summed E-state index contributed by atoms with van der Waals surface area (Å²) in [5.74, 6) is -0.205. The van der Waals surface area contributed by atoms with Crippen LogP contribution >= 0.6 is 0 Å². The Morgan fingerprint density at radius 1 is 0.960 bits per heavy atom. The smallest absolute Gasteiger partial charge is 0.338 e. The van der Waals surface area contributed by atoms with Crippen LogP contribution in [-0.2, 0) is 9.53 Å². The van der Waals surface area contributed by atoms with Crippen molar-refractivity contribution in [3.05, 3.63) is 65.7 Å². The van der Waals surface area contributed by atoms with Crippen LogP contribution in [0.15, 0.2) is 54.6 Å². The first kappa shape index (κ1) is 18.5. The fraction of sp³-hybridized carbons (Fsp3) is 0.300. The summed E-state index contributed by atoms with van der Waals surface area (Å²) in [7, 11) is 0. The van der Waals surface area contributed by atoms with Gasteiger partial charge in [0.15, 0.2) is 6.61 Å². The van der Waals surface area contributed by atoms with E-state index >= 15 is 0 Å². The summed E-state index contributed by atoms with van der Waals surface area (Å²) in [4.78, 5) is 23.9. The zero-order valence-corrected chi connectivity index (χ0v) is 14.7. The predicted octanol–water partition coefficient (Wildman–Crippen LogP) is 3.51. The summed E-state index contributed by atoms with van der Waals surface area (Å²) in [5.41, 5.74) is 1.36. The van der Waals surface area contributed by atoms with Crippen molar-refractivity contribution in [1.82, 2.24) is 5.32 Å². The molecule has 0 bridgehead atoms. The van der Waals surface area contributed by atoms with Gasteiger partial charge < -0.3 is 14.8 Å². The molecule has 5 heteroatoms. The van der Waals surface area contributed by atoms with Gasteiger partial charge in [-0.25, -0.2) is 4.79 Å². The highest BCUT2D eigenvalue weighted by atomic mass is 16.5. The highest BCUT2D eigenvalue weighted by Gasteiger charge is 2.13. The van der Waals surface area contributed by atoms with Gasteiger partial charge in [-0.2, -0.15) is 0 Å². The second kappa shape index (κ2) is 8.87. The molecule has 0 aliphatic rings. The molecule has 2 rings (SSSR count). The van der Waals surface area contributed by atoms with E-state index < -0.39 is 5.97 Å². The van der Waals surface area contributed by atoms with Crippen molar-refractivity contribution in [3.63, 3.8) is 0 Å². The summed E-state index contributed by atoms with van der Waals surface area (Å²) in [6, 6.07) is 16.1. The maximum absolute atomic E-state index is 12.0. The van der Waals surface area contributed by atoms with Crippen LogP contribution in [0.25, 0.3) is 0 Å². The van der Waals surface area contributed by atoms with E-state index in [0.29, 0.717) is 11.3 Å². The Hall–Kier alpha value is -2.82. The van der Waals surface area contributed by atoms with Crippen LogP contribution < -0.4 is 10.1 Å². The molecule has 0 saturated carbocycles. The molecule has 0 aromatic heterocycles. The molecule has 1 atom stereocenters. The fourth-order valence-electron chi connectivity index (χ4n) is 2.26. The Morgan fingerprint density at radius 3 is 2.20 bits per heavy atom. The quantitative estimate of drug-likeness (QED) is 0.783. The third-order valence-electron chi connectivity index (χ3n) is 3.47. The first-order valence-electron chi connectivity index (χ1n) is 8.24. The van der Waals surface area contributed by atoms with E-state index in [2.05, 4.69) is 5.32 Å². The highest BCUT2D eigenvalue weighted by Crippen LogP contribution is 2.15. The van der Waals surface area contributed by atoms with Crippen LogP contribution in [0.2, 0.25) is 0 Å². The van der Waals surface area contributed by atoms with Gasteiger partial charge in [-0.05, 0) is 50.6 Å². The molecule has 0 radical (unpaired) electrons. The number of hydrogen-bond donors (Lipinski definition) is 1. The number of rotatable bonds is 7. The summed E-state index contributed by atoms with van der Waals surface area (Å²) in [5, 5.41) is 2.80. The van der Waals surface area contributed by atoms with E-state index in [1.165, 1.54) is 0 Å². The van der Waals surface area contributed by atoms with Crippen molar-refractivity contribution < 1.29 is 19.1 Å².